The van der Waals surface area contributed by atoms with Crippen LogP contribution < -0.4 is 9.47 Å². The van der Waals surface area contributed by atoms with Crippen LogP contribution in [0.5, 0.6) is 17.2 Å². The smallest absolute Gasteiger partial charge is 0.363 e. The average Bonchev–Trinajstić information content (AvgIpc) is 2.58. The van der Waals surface area contributed by atoms with Crippen molar-refractivity contribution in [2.24, 2.45) is 0 Å². The van der Waals surface area contributed by atoms with Crippen molar-refractivity contribution in [1.29, 1.82) is 0 Å². The van der Waals surface area contributed by atoms with E-state index in [1.807, 2.05) is 30.3 Å². The number of aromatic nitrogens is 2. The van der Waals surface area contributed by atoms with Gasteiger partial charge in [0, 0.05) is 6.20 Å². The van der Waals surface area contributed by atoms with Gasteiger partial charge in [0.05, 0.1) is 11.9 Å². The van der Waals surface area contributed by atoms with Gasteiger partial charge in [-0.1, -0.05) is 18.2 Å². The van der Waals surface area contributed by atoms with Crippen molar-refractivity contribution in [3.63, 3.8) is 0 Å². The molecule has 0 amide bonds. The molecule has 3 rings (SSSR count). The molecule has 0 aliphatic carbocycles. The molecule has 0 N–H and O–H groups in total. The molecule has 0 spiro atoms. The Morgan fingerprint density at radius 1 is 0.826 bits per heavy atom. The predicted octanol–water partition coefficient (Wildman–Crippen LogP) is 3.80. The van der Waals surface area contributed by atoms with E-state index in [-0.39, 0.29) is 5.69 Å². The molecule has 114 valence electrons. The van der Waals surface area contributed by atoms with Crippen molar-refractivity contribution in [1.82, 2.24) is 9.97 Å². The number of esters is 1. The average molecular weight is 306 g/mol. The molecule has 0 saturated heterocycles. The number of nitrogens with zero attached hydrogens (tertiary/aromatic N) is 2. The first-order valence-corrected chi connectivity index (χ1v) is 7.04. The minimum absolute atomic E-state index is 0.167. The Bertz CT molecular complexity index is 785. The van der Waals surface area contributed by atoms with Crippen LogP contribution in [0.2, 0.25) is 0 Å². The van der Waals surface area contributed by atoms with Gasteiger partial charge in [0.1, 0.15) is 17.2 Å². The summed E-state index contributed by atoms with van der Waals surface area (Å²) in [6, 6.07) is 16.2. The second-order valence-electron chi connectivity index (χ2n) is 4.82. The fraction of sp³-hybridized carbons (Fsp3) is 0.0556. The number of para-hydroxylation sites is 1. The Kier molecular flexibility index (Phi) is 4.29. The van der Waals surface area contributed by atoms with Crippen molar-refractivity contribution < 1.29 is 14.3 Å². The molecule has 0 fully saturated rings. The molecule has 0 radical (unpaired) electrons. The molecule has 0 atom stereocenters. The van der Waals surface area contributed by atoms with Crippen molar-refractivity contribution in [3.8, 4) is 17.2 Å². The molecule has 0 aliphatic rings. The summed E-state index contributed by atoms with van der Waals surface area (Å²) < 4.78 is 10.9. The van der Waals surface area contributed by atoms with E-state index in [9.17, 15) is 4.79 Å². The molecule has 0 bridgehead atoms. The first kappa shape index (κ1) is 14.7. The van der Waals surface area contributed by atoms with Crippen molar-refractivity contribution in [2.45, 2.75) is 6.92 Å². The fourth-order valence-electron chi connectivity index (χ4n) is 1.86. The summed E-state index contributed by atoms with van der Waals surface area (Å²) >= 11 is 0. The van der Waals surface area contributed by atoms with E-state index in [0.717, 1.165) is 11.4 Å². The summed E-state index contributed by atoms with van der Waals surface area (Å²) in [4.78, 5) is 20.0. The second kappa shape index (κ2) is 6.70. The summed E-state index contributed by atoms with van der Waals surface area (Å²) in [5, 5.41) is 0. The maximum absolute atomic E-state index is 11.9. The van der Waals surface area contributed by atoms with Crippen LogP contribution in [-0.4, -0.2) is 15.9 Å². The highest BCUT2D eigenvalue weighted by Gasteiger charge is 2.10. The van der Waals surface area contributed by atoms with Gasteiger partial charge in [0.15, 0.2) is 5.69 Å². The molecule has 0 saturated carbocycles. The van der Waals surface area contributed by atoms with Crippen LogP contribution in [0.25, 0.3) is 0 Å². The molecule has 1 heterocycles. The van der Waals surface area contributed by atoms with Crippen molar-refractivity contribution in [2.75, 3.05) is 0 Å². The summed E-state index contributed by atoms with van der Waals surface area (Å²) in [5.74, 6) is 1.27. The van der Waals surface area contributed by atoms with E-state index in [1.54, 1.807) is 31.2 Å². The third-order valence-electron chi connectivity index (χ3n) is 3.00. The molecule has 3 aromatic rings. The largest absolute Gasteiger partial charge is 0.457 e. The van der Waals surface area contributed by atoms with Crippen LogP contribution in [0.4, 0.5) is 0 Å². The zero-order valence-corrected chi connectivity index (χ0v) is 12.5. The maximum atomic E-state index is 11.9. The number of rotatable bonds is 4. The van der Waals surface area contributed by atoms with Gasteiger partial charge < -0.3 is 9.47 Å². The summed E-state index contributed by atoms with van der Waals surface area (Å²) in [6.45, 7) is 1.80. The molecule has 5 nitrogen and oxygen atoms in total. The van der Waals surface area contributed by atoms with Crippen LogP contribution in [0.3, 0.4) is 0 Å². The molecule has 5 heteroatoms. The third kappa shape index (κ3) is 3.91. The molecule has 0 unspecified atom stereocenters. The minimum atomic E-state index is -0.547. The first-order valence-electron chi connectivity index (χ1n) is 7.04. The third-order valence-corrected chi connectivity index (χ3v) is 3.00. The molecule has 0 aliphatic heterocycles. The Balaban J connectivity index is 1.65. The Morgan fingerprint density at radius 3 is 2.13 bits per heavy atom. The van der Waals surface area contributed by atoms with Gasteiger partial charge in [-0.15, -0.1) is 0 Å². The maximum Gasteiger partial charge on any atom is 0.363 e. The molecule has 23 heavy (non-hydrogen) atoms. The summed E-state index contributed by atoms with van der Waals surface area (Å²) in [5.41, 5.74) is 0.907. The Hall–Kier alpha value is -3.21. The number of hydrogen-bond acceptors (Lipinski definition) is 5. The van der Waals surface area contributed by atoms with Crippen LogP contribution >= 0.6 is 0 Å². The van der Waals surface area contributed by atoms with E-state index in [2.05, 4.69) is 9.97 Å². The summed E-state index contributed by atoms with van der Waals surface area (Å²) in [7, 11) is 0. The van der Waals surface area contributed by atoms with Crippen molar-refractivity contribution in [3.05, 3.63) is 78.4 Å². The first-order chi connectivity index (χ1) is 11.2. The number of aryl methyl sites for hydroxylation is 1. The lowest BCUT2D eigenvalue weighted by molar-refractivity contribution is 0.0728. The van der Waals surface area contributed by atoms with Gasteiger partial charge in [-0.3, -0.25) is 4.98 Å². The predicted molar refractivity (Wildman–Crippen MR) is 84.7 cm³/mol. The van der Waals surface area contributed by atoms with E-state index in [0.29, 0.717) is 11.5 Å². The highest BCUT2D eigenvalue weighted by Crippen LogP contribution is 2.23. The zero-order valence-electron chi connectivity index (χ0n) is 12.5. The quantitative estimate of drug-likeness (QED) is 0.542. The normalized spacial score (nSPS) is 10.1. The molecular formula is C18H14N2O3. The van der Waals surface area contributed by atoms with Crippen LogP contribution in [0, 0.1) is 6.92 Å². The highest BCUT2D eigenvalue weighted by atomic mass is 16.5. The van der Waals surface area contributed by atoms with Gasteiger partial charge in [-0.05, 0) is 43.3 Å². The number of hydrogen-bond donors (Lipinski definition) is 0. The lowest BCUT2D eigenvalue weighted by Crippen LogP contribution is -2.11. The molecule has 2 aromatic carbocycles. The highest BCUT2D eigenvalue weighted by molar-refractivity contribution is 5.88. The monoisotopic (exact) mass is 306 g/mol. The van der Waals surface area contributed by atoms with Gasteiger partial charge in [-0.2, -0.15) is 0 Å². The Morgan fingerprint density at radius 2 is 1.48 bits per heavy atom. The lowest BCUT2D eigenvalue weighted by atomic mass is 10.3. The van der Waals surface area contributed by atoms with Gasteiger partial charge >= 0.3 is 5.97 Å². The van der Waals surface area contributed by atoms with Crippen LogP contribution in [-0.2, 0) is 0 Å². The zero-order chi connectivity index (χ0) is 16.1. The number of benzene rings is 2. The standard InChI is InChI=1S/C18H14N2O3/c1-13-11-20-17(12-19-13)18(21)23-16-9-7-15(8-10-16)22-14-5-3-2-4-6-14/h2-12H,1H3. The minimum Gasteiger partial charge on any atom is -0.457 e. The summed E-state index contributed by atoms with van der Waals surface area (Å²) in [6.07, 6.45) is 2.91. The van der Waals surface area contributed by atoms with Crippen LogP contribution in [0.15, 0.2) is 67.0 Å². The molecular weight excluding hydrogens is 292 g/mol. The van der Waals surface area contributed by atoms with Crippen molar-refractivity contribution >= 4 is 5.97 Å². The molecule has 1 aromatic heterocycles. The number of carbonyl (C=O) groups is 1. The SMILES string of the molecule is Cc1cnc(C(=O)Oc2ccc(Oc3ccccc3)cc2)cn1. The fourth-order valence-corrected chi connectivity index (χ4v) is 1.86. The second-order valence-corrected chi connectivity index (χ2v) is 4.82. The van der Waals surface area contributed by atoms with Crippen LogP contribution in [0.1, 0.15) is 16.2 Å². The van der Waals surface area contributed by atoms with E-state index >= 15 is 0 Å². The topological polar surface area (TPSA) is 61.3 Å². The van der Waals surface area contributed by atoms with Gasteiger partial charge in [-0.25, -0.2) is 9.78 Å². The van der Waals surface area contributed by atoms with E-state index in [4.69, 9.17) is 9.47 Å². The number of carbonyl (C=O) groups excluding carboxylic acids is 1. The lowest BCUT2D eigenvalue weighted by Gasteiger charge is -2.07. The van der Waals surface area contributed by atoms with Gasteiger partial charge in [0.2, 0.25) is 0 Å². The van der Waals surface area contributed by atoms with Gasteiger partial charge in [0.25, 0.3) is 0 Å². The van der Waals surface area contributed by atoms with E-state index < -0.39 is 5.97 Å². The van der Waals surface area contributed by atoms with E-state index in [1.165, 1.54) is 12.4 Å². The number of ether oxygens (including phenoxy) is 2. The Labute approximate surface area is 133 Å².